The average Bonchev–Trinajstić information content (AvgIpc) is 2.82. The van der Waals surface area contributed by atoms with Gasteiger partial charge in [0.1, 0.15) is 0 Å². The summed E-state index contributed by atoms with van der Waals surface area (Å²) in [7, 11) is 0. The third-order valence-electron chi connectivity index (χ3n) is 2.18. The Morgan fingerprint density at radius 2 is 2.28 bits per heavy atom. The second-order valence-electron chi connectivity index (χ2n) is 3.82. The molecule has 0 amide bonds. The molecule has 1 rings (SSSR count). The Labute approximate surface area is 113 Å². The van der Waals surface area contributed by atoms with E-state index in [1.807, 2.05) is 26.0 Å². The molecule has 1 aromatic rings. The van der Waals surface area contributed by atoms with Crippen LogP contribution in [0.15, 0.2) is 12.1 Å². The number of aliphatic hydroxyl groups excluding tert-OH is 1. The highest BCUT2D eigenvalue weighted by Crippen LogP contribution is 2.17. The van der Waals surface area contributed by atoms with Crippen molar-refractivity contribution in [3.05, 3.63) is 21.9 Å². The Morgan fingerprint density at radius 1 is 1.44 bits per heavy atom. The molecule has 100 valence electrons. The molecule has 1 atom stereocenters. The molecule has 1 aromatic heterocycles. The van der Waals surface area contributed by atoms with Gasteiger partial charge in [-0.05, 0) is 26.0 Å². The van der Waals surface area contributed by atoms with Gasteiger partial charge in [-0.3, -0.25) is 0 Å². The molecule has 0 radical (unpaired) electrons. The zero-order valence-electron chi connectivity index (χ0n) is 10.9. The Morgan fingerprint density at radius 3 is 3.00 bits per heavy atom. The second-order valence-corrected chi connectivity index (χ2v) is 4.99. The van der Waals surface area contributed by atoms with Crippen molar-refractivity contribution >= 4 is 11.3 Å². The van der Waals surface area contributed by atoms with Crippen LogP contribution < -0.4 is 0 Å². The van der Waals surface area contributed by atoms with Crippen LogP contribution in [0, 0.1) is 11.8 Å². The number of rotatable bonds is 7. The number of hydrogen-bond donors (Lipinski definition) is 1. The van der Waals surface area contributed by atoms with Crippen molar-refractivity contribution in [1.82, 2.24) is 0 Å². The zero-order valence-corrected chi connectivity index (χ0v) is 11.8. The van der Waals surface area contributed by atoms with Crippen molar-refractivity contribution in [3.8, 4) is 11.8 Å². The van der Waals surface area contributed by atoms with Crippen LogP contribution in [-0.2, 0) is 16.1 Å². The first-order valence-corrected chi connectivity index (χ1v) is 6.95. The maximum Gasteiger partial charge on any atom is 0.0814 e. The number of thiophene rings is 1. The maximum atomic E-state index is 8.63. The molecule has 1 unspecified atom stereocenters. The molecule has 4 heteroatoms. The molecule has 0 aliphatic heterocycles. The summed E-state index contributed by atoms with van der Waals surface area (Å²) in [5, 5.41) is 8.63. The van der Waals surface area contributed by atoms with E-state index in [2.05, 4.69) is 11.8 Å². The lowest BCUT2D eigenvalue weighted by Crippen LogP contribution is -2.15. The topological polar surface area (TPSA) is 38.7 Å². The molecule has 0 aromatic carbocycles. The molecule has 18 heavy (non-hydrogen) atoms. The standard InChI is InChI=1S/C14H20O3S/c1-3-16-10-12(2)17-11-14-8-7-13(18-14)6-4-5-9-15/h7-8,12,15H,3,5,9-11H2,1-2H3. The van der Waals surface area contributed by atoms with Crippen molar-refractivity contribution in [2.24, 2.45) is 0 Å². The summed E-state index contributed by atoms with van der Waals surface area (Å²) in [6, 6.07) is 4.02. The predicted octanol–water partition coefficient (Wildman–Crippen LogP) is 2.42. The van der Waals surface area contributed by atoms with E-state index in [0.29, 0.717) is 19.6 Å². The highest BCUT2D eigenvalue weighted by atomic mass is 32.1. The van der Waals surface area contributed by atoms with Crippen molar-refractivity contribution in [1.29, 1.82) is 0 Å². The van der Waals surface area contributed by atoms with E-state index >= 15 is 0 Å². The van der Waals surface area contributed by atoms with Gasteiger partial charge in [0.15, 0.2) is 0 Å². The minimum atomic E-state index is 0.107. The van der Waals surface area contributed by atoms with Gasteiger partial charge in [0, 0.05) is 17.9 Å². The predicted molar refractivity (Wildman–Crippen MR) is 73.6 cm³/mol. The summed E-state index contributed by atoms with van der Waals surface area (Å²) in [5.41, 5.74) is 0. The normalized spacial score (nSPS) is 11.9. The Kier molecular flexibility index (Phi) is 7.70. The summed E-state index contributed by atoms with van der Waals surface area (Å²) < 4.78 is 11.0. The van der Waals surface area contributed by atoms with Gasteiger partial charge in [-0.1, -0.05) is 11.8 Å². The van der Waals surface area contributed by atoms with Gasteiger partial charge in [-0.15, -0.1) is 11.3 Å². The molecule has 0 spiro atoms. The Hall–Kier alpha value is -0.860. The fourth-order valence-corrected chi connectivity index (χ4v) is 2.09. The lowest BCUT2D eigenvalue weighted by molar-refractivity contribution is -0.0107. The monoisotopic (exact) mass is 268 g/mol. The molecule has 1 heterocycles. The van der Waals surface area contributed by atoms with Crippen LogP contribution in [0.4, 0.5) is 0 Å². The number of aliphatic hydroxyl groups is 1. The molecule has 0 aliphatic carbocycles. The number of hydrogen-bond acceptors (Lipinski definition) is 4. The quantitative estimate of drug-likeness (QED) is 0.772. The smallest absolute Gasteiger partial charge is 0.0814 e. The van der Waals surface area contributed by atoms with Crippen LogP contribution in [0.25, 0.3) is 0 Å². The molecule has 3 nitrogen and oxygen atoms in total. The first-order valence-electron chi connectivity index (χ1n) is 6.14. The molecule has 0 saturated heterocycles. The van der Waals surface area contributed by atoms with Crippen molar-refractivity contribution in [3.63, 3.8) is 0 Å². The number of ether oxygens (including phenoxy) is 2. The molecule has 0 aliphatic rings. The molecule has 0 saturated carbocycles. The van der Waals surface area contributed by atoms with Crippen LogP contribution in [0.5, 0.6) is 0 Å². The molecule has 0 bridgehead atoms. The lowest BCUT2D eigenvalue weighted by atomic mass is 10.4. The summed E-state index contributed by atoms with van der Waals surface area (Å²) in [6.45, 7) is 6.04. The third kappa shape index (κ3) is 6.18. The largest absolute Gasteiger partial charge is 0.395 e. The fourth-order valence-electron chi connectivity index (χ4n) is 1.28. The molecular formula is C14H20O3S. The lowest BCUT2D eigenvalue weighted by Gasteiger charge is -2.11. The molecule has 0 fully saturated rings. The SMILES string of the molecule is CCOCC(C)OCc1ccc(C#CCCO)s1. The maximum absolute atomic E-state index is 8.63. The van der Waals surface area contributed by atoms with Gasteiger partial charge in [0.05, 0.1) is 30.8 Å². The van der Waals surface area contributed by atoms with Crippen LogP contribution in [0.3, 0.4) is 0 Å². The van der Waals surface area contributed by atoms with Crippen LogP contribution in [-0.4, -0.2) is 31.0 Å². The van der Waals surface area contributed by atoms with Crippen LogP contribution in [0.1, 0.15) is 30.0 Å². The zero-order chi connectivity index (χ0) is 13.2. The van der Waals surface area contributed by atoms with Gasteiger partial charge < -0.3 is 14.6 Å². The van der Waals surface area contributed by atoms with Crippen molar-refractivity contribution in [2.75, 3.05) is 19.8 Å². The van der Waals surface area contributed by atoms with Gasteiger partial charge in [0.2, 0.25) is 0 Å². The fraction of sp³-hybridized carbons (Fsp3) is 0.571. The van der Waals surface area contributed by atoms with Gasteiger partial charge in [-0.2, -0.15) is 0 Å². The molecular weight excluding hydrogens is 248 g/mol. The van der Waals surface area contributed by atoms with Crippen molar-refractivity contribution < 1.29 is 14.6 Å². The van der Waals surface area contributed by atoms with E-state index in [4.69, 9.17) is 14.6 Å². The van der Waals surface area contributed by atoms with E-state index < -0.39 is 0 Å². The van der Waals surface area contributed by atoms with Gasteiger partial charge >= 0.3 is 0 Å². The second kappa shape index (κ2) is 9.12. The first-order chi connectivity index (χ1) is 8.76. The summed E-state index contributed by atoms with van der Waals surface area (Å²) in [6.07, 6.45) is 0.630. The van der Waals surface area contributed by atoms with E-state index in [0.717, 1.165) is 16.4 Å². The van der Waals surface area contributed by atoms with E-state index in [1.54, 1.807) is 11.3 Å². The van der Waals surface area contributed by atoms with Crippen LogP contribution >= 0.6 is 11.3 Å². The van der Waals surface area contributed by atoms with E-state index in [-0.39, 0.29) is 12.7 Å². The minimum absolute atomic E-state index is 0.107. The Bertz CT molecular complexity index is 389. The van der Waals surface area contributed by atoms with E-state index in [1.165, 1.54) is 0 Å². The third-order valence-corrected chi connectivity index (χ3v) is 3.15. The van der Waals surface area contributed by atoms with Crippen LogP contribution in [0.2, 0.25) is 0 Å². The summed E-state index contributed by atoms with van der Waals surface area (Å²) in [5.74, 6) is 5.92. The summed E-state index contributed by atoms with van der Waals surface area (Å²) in [4.78, 5) is 2.17. The van der Waals surface area contributed by atoms with Crippen molar-refractivity contribution in [2.45, 2.75) is 33.0 Å². The van der Waals surface area contributed by atoms with Gasteiger partial charge in [0.25, 0.3) is 0 Å². The summed E-state index contributed by atoms with van der Waals surface area (Å²) >= 11 is 1.63. The van der Waals surface area contributed by atoms with Gasteiger partial charge in [-0.25, -0.2) is 0 Å². The Balaban J connectivity index is 2.33. The first kappa shape index (κ1) is 15.2. The highest BCUT2D eigenvalue weighted by Gasteiger charge is 2.04. The molecule has 1 N–H and O–H groups in total. The highest BCUT2D eigenvalue weighted by molar-refractivity contribution is 7.12. The minimum Gasteiger partial charge on any atom is -0.395 e. The van der Waals surface area contributed by atoms with E-state index in [9.17, 15) is 0 Å². The average molecular weight is 268 g/mol.